The molecular formula is C14H27N3O2. The maximum absolute atomic E-state index is 11.9. The lowest BCUT2D eigenvalue weighted by Crippen LogP contribution is -2.41. The number of hydrogen-bond acceptors (Lipinski definition) is 4. The highest BCUT2D eigenvalue weighted by Gasteiger charge is 2.28. The zero-order valence-corrected chi connectivity index (χ0v) is 12.0. The van der Waals surface area contributed by atoms with Crippen molar-refractivity contribution >= 4 is 5.91 Å². The van der Waals surface area contributed by atoms with Gasteiger partial charge in [-0.2, -0.15) is 0 Å². The molecule has 2 saturated heterocycles. The Kier molecular flexibility index (Phi) is 6.07. The molecule has 2 aliphatic rings. The minimum atomic E-state index is -0.0695. The van der Waals surface area contributed by atoms with Gasteiger partial charge in [-0.1, -0.05) is 6.42 Å². The van der Waals surface area contributed by atoms with E-state index in [-0.39, 0.29) is 18.1 Å². The number of ether oxygens (including phenoxy) is 1. The van der Waals surface area contributed by atoms with E-state index < -0.39 is 0 Å². The number of nitrogens with one attached hydrogen (secondary N) is 2. The number of likely N-dealkylation sites (tertiary alicyclic amines) is 1. The van der Waals surface area contributed by atoms with Gasteiger partial charge in [0.1, 0.15) is 0 Å². The summed E-state index contributed by atoms with van der Waals surface area (Å²) in [5.41, 5.74) is 0. The summed E-state index contributed by atoms with van der Waals surface area (Å²) in [5, 5.41) is 6.23. The van der Waals surface area contributed by atoms with Crippen molar-refractivity contribution in [3.8, 4) is 0 Å². The second-order valence-electron chi connectivity index (χ2n) is 5.60. The Morgan fingerprint density at radius 3 is 2.84 bits per heavy atom. The van der Waals surface area contributed by atoms with Gasteiger partial charge in [-0.25, -0.2) is 0 Å². The summed E-state index contributed by atoms with van der Waals surface area (Å²) in [6.45, 7) is 5.13. The molecule has 5 nitrogen and oxygen atoms in total. The van der Waals surface area contributed by atoms with Gasteiger partial charge in [-0.15, -0.1) is 0 Å². The van der Waals surface area contributed by atoms with Crippen LogP contribution in [0.25, 0.3) is 0 Å². The number of amides is 1. The van der Waals surface area contributed by atoms with Crippen LogP contribution in [0.15, 0.2) is 0 Å². The minimum absolute atomic E-state index is 0.0695. The van der Waals surface area contributed by atoms with Gasteiger partial charge in [0.15, 0.2) is 0 Å². The Balaban J connectivity index is 1.54. The van der Waals surface area contributed by atoms with Gasteiger partial charge in [-0.05, 0) is 45.3 Å². The number of carbonyl (C=O) groups is 1. The summed E-state index contributed by atoms with van der Waals surface area (Å²) in [6, 6.07) is -0.0695. The molecule has 0 aromatic rings. The van der Waals surface area contributed by atoms with Crippen LogP contribution < -0.4 is 10.6 Å². The van der Waals surface area contributed by atoms with Crippen molar-refractivity contribution in [2.24, 2.45) is 0 Å². The first-order valence-corrected chi connectivity index (χ1v) is 7.56. The minimum Gasteiger partial charge on any atom is -0.380 e. The van der Waals surface area contributed by atoms with Crippen LogP contribution in [0, 0.1) is 0 Å². The van der Waals surface area contributed by atoms with E-state index in [1.54, 1.807) is 7.11 Å². The van der Waals surface area contributed by atoms with Crippen molar-refractivity contribution in [2.45, 2.75) is 44.2 Å². The van der Waals surface area contributed by atoms with E-state index in [2.05, 4.69) is 15.5 Å². The maximum Gasteiger partial charge on any atom is 0.237 e. The van der Waals surface area contributed by atoms with Crippen LogP contribution in [0.4, 0.5) is 0 Å². The lowest BCUT2D eigenvalue weighted by atomic mass is 10.1. The van der Waals surface area contributed by atoms with E-state index in [1.807, 2.05) is 0 Å². The molecule has 0 radical (unpaired) electrons. The lowest BCUT2D eigenvalue weighted by Gasteiger charge is -2.26. The lowest BCUT2D eigenvalue weighted by molar-refractivity contribution is -0.122. The van der Waals surface area contributed by atoms with Gasteiger partial charge in [0.05, 0.1) is 12.1 Å². The van der Waals surface area contributed by atoms with Gasteiger partial charge >= 0.3 is 0 Å². The Morgan fingerprint density at radius 2 is 2.16 bits per heavy atom. The topological polar surface area (TPSA) is 53.6 Å². The molecule has 19 heavy (non-hydrogen) atoms. The third kappa shape index (κ3) is 4.75. The van der Waals surface area contributed by atoms with Crippen LogP contribution in [-0.4, -0.2) is 62.8 Å². The fourth-order valence-corrected chi connectivity index (χ4v) is 2.90. The van der Waals surface area contributed by atoms with Crippen molar-refractivity contribution in [1.82, 2.24) is 15.5 Å². The molecular weight excluding hydrogens is 242 g/mol. The number of methoxy groups -OCH3 is 1. The number of nitrogens with zero attached hydrogens (tertiary/aromatic N) is 1. The van der Waals surface area contributed by atoms with E-state index in [4.69, 9.17) is 4.74 Å². The van der Waals surface area contributed by atoms with E-state index in [0.29, 0.717) is 0 Å². The molecule has 0 saturated carbocycles. The normalized spacial score (nSPS) is 28.5. The summed E-state index contributed by atoms with van der Waals surface area (Å²) in [7, 11) is 1.70. The van der Waals surface area contributed by atoms with Crippen molar-refractivity contribution in [3.05, 3.63) is 0 Å². The van der Waals surface area contributed by atoms with Crippen LogP contribution in [-0.2, 0) is 9.53 Å². The Bertz CT molecular complexity index is 280. The Morgan fingerprint density at radius 1 is 1.37 bits per heavy atom. The molecule has 2 atom stereocenters. The summed E-state index contributed by atoms with van der Waals surface area (Å²) in [5.74, 6) is 0.123. The molecule has 0 aromatic heterocycles. The van der Waals surface area contributed by atoms with Crippen LogP contribution in [0.5, 0.6) is 0 Å². The highest BCUT2D eigenvalue weighted by molar-refractivity contribution is 5.82. The molecule has 2 fully saturated rings. The van der Waals surface area contributed by atoms with Crippen LogP contribution in [0.3, 0.4) is 0 Å². The molecule has 0 aromatic carbocycles. The first-order valence-electron chi connectivity index (χ1n) is 7.56. The standard InChI is InChI=1S/C14H27N3O2/c1-19-12-10-13(16-11-12)14(18)15-6-5-9-17-7-3-2-4-8-17/h12-13,16H,2-11H2,1H3,(H,15,18). The number of rotatable bonds is 6. The summed E-state index contributed by atoms with van der Waals surface area (Å²) >= 11 is 0. The molecule has 2 rings (SSSR count). The first-order chi connectivity index (χ1) is 9.29. The van der Waals surface area contributed by atoms with Crippen molar-refractivity contribution < 1.29 is 9.53 Å². The third-order valence-corrected chi connectivity index (χ3v) is 4.14. The van der Waals surface area contributed by atoms with Gasteiger partial charge in [0.2, 0.25) is 5.91 Å². The zero-order valence-electron chi connectivity index (χ0n) is 12.0. The van der Waals surface area contributed by atoms with E-state index in [0.717, 1.165) is 32.5 Å². The molecule has 2 heterocycles. The Hall–Kier alpha value is -0.650. The fraction of sp³-hybridized carbons (Fsp3) is 0.929. The average molecular weight is 269 g/mol. The monoisotopic (exact) mass is 269 g/mol. The molecule has 5 heteroatoms. The quantitative estimate of drug-likeness (QED) is 0.684. The van der Waals surface area contributed by atoms with Gasteiger partial charge in [0.25, 0.3) is 0 Å². The van der Waals surface area contributed by atoms with Gasteiger partial charge < -0.3 is 20.3 Å². The molecule has 0 spiro atoms. The zero-order chi connectivity index (χ0) is 13.5. The summed E-state index contributed by atoms with van der Waals surface area (Å²) in [6.07, 6.45) is 6.05. The predicted molar refractivity (Wildman–Crippen MR) is 75.1 cm³/mol. The first kappa shape index (κ1) is 14.8. The second-order valence-corrected chi connectivity index (χ2v) is 5.60. The summed E-state index contributed by atoms with van der Waals surface area (Å²) < 4.78 is 5.25. The highest BCUT2D eigenvalue weighted by Crippen LogP contribution is 2.10. The maximum atomic E-state index is 11.9. The van der Waals surface area contributed by atoms with E-state index in [9.17, 15) is 4.79 Å². The molecule has 110 valence electrons. The molecule has 2 N–H and O–H groups in total. The Labute approximate surface area is 116 Å². The molecule has 0 bridgehead atoms. The average Bonchev–Trinajstić information content (AvgIpc) is 2.93. The van der Waals surface area contributed by atoms with Crippen LogP contribution in [0.2, 0.25) is 0 Å². The second kappa shape index (κ2) is 7.82. The van der Waals surface area contributed by atoms with E-state index >= 15 is 0 Å². The smallest absolute Gasteiger partial charge is 0.237 e. The SMILES string of the molecule is COC1CNC(C(=O)NCCCN2CCCCC2)C1. The molecule has 2 aliphatic heterocycles. The largest absolute Gasteiger partial charge is 0.380 e. The van der Waals surface area contributed by atoms with E-state index in [1.165, 1.54) is 32.4 Å². The highest BCUT2D eigenvalue weighted by atomic mass is 16.5. The van der Waals surface area contributed by atoms with Crippen molar-refractivity contribution in [1.29, 1.82) is 0 Å². The van der Waals surface area contributed by atoms with Gasteiger partial charge in [-0.3, -0.25) is 4.79 Å². The van der Waals surface area contributed by atoms with Crippen molar-refractivity contribution in [2.75, 3.05) is 39.8 Å². The van der Waals surface area contributed by atoms with Crippen LogP contribution >= 0.6 is 0 Å². The predicted octanol–water partition coefficient (Wildman–Crippen LogP) is 0.356. The van der Waals surface area contributed by atoms with Gasteiger partial charge in [0, 0.05) is 20.2 Å². The molecule has 0 aliphatic carbocycles. The number of carbonyl (C=O) groups excluding carboxylic acids is 1. The van der Waals surface area contributed by atoms with Crippen LogP contribution in [0.1, 0.15) is 32.1 Å². The number of hydrogen-bond donors (Lipinski definition) is 2. The fourth-order valence-electron chi connectivity index (χ4n) is 2.90. The molecule has 1 amide bonds. The number of piperidine rings is 1. The van der Waals surface area contributed by atoms with Crippen molar-refractivity contribution in [3.63, 3.8) is 0 Å². The third-order valence-electron chi connectivity index (χ3n) is 4.14. The summed E-state index contributed by atoms with van der Waals surface area (Å²) in [4.78, 5) is 14.4. The molecule has 2 unspecified atom stereocenters.